The Morgan fingerprint density at radius 3 is 2.68 bits per heavy atom. The molecule has 1 atom stereocenters. The lowest BCUT2D eigenvalue weighted by Gasteiger charge is -2.23. The van der Waals surface area contributed by atoms with Crippen LogP contribution in [0.5, 0.6) is 0 Å². The number of hydrogen-bond acceptors (Lipinski definition) is 4. The number of carbonyl (C=O) groups excluding carboxylic acids is 3. The first kappa shape index (κ1) is 17.4. The Hall–Kier alpha value is -2.65. The van der Waals surface area contributed by atoms with Gasteiger partial charge < -0.3 is 5.32 Å². The summed E-state index contributed by atoms with van der Waals surface area (Å²) < 4.78 is 0. The van der Waals surface area contributed by atoms with Gasteiger partial charge in [0, 0.05) is 19.0 Å². The maximum absolute atomic E-state index is 11.7. The first-order valence-corrected chi connectivity index (χ1v) is 7.20. The van der Waals surface area contributed by atoms with Gasteiger partial charge >= 0.3 is 0 Å². The molecule has 118 valence electrons. The van der Waals surface area contributed by atoms with Crippen molar-refractivity contribution in [3.05, 3.63) is 47.7 Å². The van der Waals surface area contributed by atoms with E-state index in [4.69, 9.17) is 0 Å². The Morgan fingerprint density at radius 2 is 2.09 bits per heavy atom. The molecule has 0 spiro atoms. The minimum atomic E-state index is -0.531. The van der Waals surface area contributed by atoms with E-state index in [1.807, 2.05) is 13.8 Å². The molecule has 2 N–H and O–H groups in total. The number of nitrogens with one attached hydrogen (secondary N) is 2. The van der Waals surface area contributed by atoms with Gasteiger partial charge in [0.1, 0.15) is 6.04 Å². The van der Waals surface area contributed by atoms with Gasteiger partial charge in [-0.3, -0.25) is 19.7 Å². The maximum atomic E-state index is 11.7. The van der Waals surface area contributed by atoms with Crippen molar-refractivity contribution in [2.75, 3.05) is 0 Å². The highest BCUT2D eigenvalue weighted by atomic mass is 16.2. The molecule has 1 heterocycles. The maximum Gasteiger partial charge on any atom is 0.249 e. The normalized spacial score (nSPS) is 16.5. The predicted octanol–water partition coefficient (Wildman–Crippen LogP) is 2.29. The molecular weight excluding hydrogens is 280 g/mol. The van der Waals surface area contributed by atoms with E-state index in [1.165, 1.54) is 0 Å². The molecule has 1 aliphatic heterocycles. The number of piperidine rings is 1. The van der Waals surface area contributed by atoms with Crippen LogP contribution in [0.1, 0.15) is 44.0 Å². The highest BCUT2D eigenvalue weighted by molar-refractivity contribution is 6.01. The number of benzene rings is 1. The summed E-state index contributed by atoms with van der Waals surface area (Å²) in [6.07, 6.45) is 1.42. The van der Waals surface area contributed by atoms with Crippen LogP contribution in [0.2, 0.25) is 0 Å². The van der Waals surface area contributed by atoms with Crippen LogP contribution in [0.25, 0.3) is 5.70 Å². The predicted molar refractivity (Wildman–Crippen MR) is 87.1 cm³/mol. The summed E-state index contributed by atoms with van der Waals surface area (Å²) in [5.41, 5.74) is 4.29. The fourth-order valence-electron chi connectivity index (χ4n) is 2.06. The molecule has 0 bridgehead atoms. The minimum Gasteiger partial charge on any atom is -0.367 e. The zero-order valence-corrected chi connectivity index (χ0v) is 12.8. The lowest BCUT2D eigenvalue weighted by atomic mass is 10.0. The molecule has 1 fully saturated rings. The minimum absolute atomic E-state index is 0. The smallest absolute Gasteiger partial charge is 0.249 e. The van der Waals surface area contributed by atoms with Crippen molar-refractivity contribution >= 4 is 23.8 Å². The Balaban J connectivity index is 0.00000155. The van der Waals surface area contributed by atoms with Crippen molar-refractivity contribution in [1.82, 2.24) is 10.6 Å². The second-order valence-electron chi connectivity index (χ2n) is 4.40. The Labute approximate surface area is 131 Å². The quantitative estimate of drug-likeness (QED) is 0.508. The van der Waals surface area contributed by atoms with E-state index in [0.717, 1.165) is 6.29 Å². The Kier molecular flexibility index (Phi) is 6.80. The number of rotatable bonds is 4. The van der Waals surface area contributed by atoms with Crippen molar-refractivity contribution in [3.63, 3.8) is 0 Å². The van der Waals surface area contributed by atoms with Gasteiger partial charge in [-0.2, -0.15) is 0 Å². The number of amides is 2. The van der Waals surface area contributed by atoms with Crippen LogP contribution in [-0.4, -0.2) is 24.1 Å². The zero-order chi connectivity index (χ0) is 16.5. The Morgan fingerprint density at radius 1 is 1.41 bits per heavy atom. The van der Waals surface area contributed by atoms with Gasteiger partial charge in [0.05, 0.1) is 5.70 Å². The monoisotopic (exact) mass is 302 g/mol. The summed E-state index contributed by atoms with van der Waals surface area (Å²) in [6.45, 7) is 7.58. The summed E-state index contributed by atoms with van der Waals surface area (Å²) in [4.78, 5) is 33.9. The molecule has 0 saturated carbocycles. The fraction of sp³-hybridized carbons (Fsp3) is 0.294. The highest BCUT2D eigenvalue weighted by Crippen LogP contribution is 2.17. The van der Waals surface area contributed by atoms with E-state index in [9.17, 15) is 14.4 Å². The van der Waals surface area contributed by atoms with Gasteiger partial charge in [-0.25, -0.2) is 0 Å². The summed E-state index contributed by atoms with van der Waals surface area (Å²) >= 11 is 0. The van der Waals surface area contributed by atoms with Gasteiger partial charge in [-0.15, -0.1) is 5.73 Å². The second kappa shape index (κ2) is 8.60. The summed E-state index contributed by atoms with van der Waals surface area (Å²) in [5, 5.41) is 5.25. The van der Waals surface area contributed by atoms with E-state index in [2.05, 4.69) is 22.9 Å². The molecule has 2 rings (SSSR count). The molecule has 5 heteroatoms. The van der Waals surface area contributed by atoms with E-state index >= 15 is 0 Å². The van der Waals surface area contributed by atoms with Crippen molar-refractivity contribution in [2.45, 2.75) is 32.7 Å². The molecule has 5 nitrogen and oxygen atoms in total. The van der Waals surface area contributed by atoms with Gasteiger partial charge in [-0.05, 0) is 6.42 Å². The zero-order valence-electron chi connectivity index (χ0n) is 12.8. The Bertz CT molecular complexity index is 622. The van der Waals surface area contributed by atoms with Crippen molar-refractivity contribution in [2.24, 2.45) is 0 Å². The van der Waals surface area contributed by atoms with Crippen molar-refractivity contribution < 1.29 is 15.8 Å². The number of aldehydes is 1. The first-order chi connectivity index (χ1) is 10.7. The van der Waals surface area contributed by atoms with E-state index in [1.54, 1.807) is 24.3 Å². The second-order valence-corrected chi connectivity index (χ2v) is 4.40. The molecule has 1 aromatic carbocycles. The largest absolute Gasteiger partial charge is 0.367 e. The average molecular weight is 302 g/mol. The topological polar surface area (TPSA) is 75.3 Å². The fourth-order valence-corrected chi connectivity index (χ4v) is 2.06. The molecule has 1 aliphatic rings. The third-order valence-electron chi connectivity index (χ3n) is 3.09. The summed E-state index contributed by atoms with van der Waals surface area (Å²) in [6, 6.07) is 6.42. The lowest BCUT2D eigenvalue weighted by molar-refractivity contribution is -0.134. The van der Waals surface area contributed by atoms with Gasteiger partial charge in [-0.1, -0.05) is 44.7 Å². The van der Waals surface area contributed by atoms with Gasteiger partial charge in [0.25, 0.3) is 0 Å². The van der Waals surface area contributed by atoms with Crippen LogP contribution in [-0.2, 0) is 9.59 Å². The standard InChI is InChI=1S/C15H14N2O3.C2H6.H2/c1-2-12(11-6-4-3-5-10(11)9-18)16-13-7-8-14(19)17-15(13)20;1-2;/h3-6,9,13,16H,1,7-8H2,(H,17,19,20);1-2H3;1H. The van der Waals surface area contributed by atoms with E-state index in [-0.39, 0.29) is 19.7 Å². The number of hydrogen-bond donors (Lipinski definition) is 2. The van der Waals surface area contributed by atoms with Crippen LogP contribution in [0.4, 0.5) is 0 Å². The average Bonchev–Trinajstić information content (AvgIpc) is 2.56. The van der Waals surface area contributed by atoms with E-state index in [0.29, 0.717) is 23.2 Å². The lowest BCUT2D eigenvalue weighted by Crippen LogP contribution is -2.50. The van der Waals surface area contributed by atoms with Crippen LogP contribution in [0.15, 0.2) is 36.6 Å². The number of carbonyl (C=O) groups is 3. The van der Waals surface area contributed by atoms with Crippen LogP contribution >= 0.6 is 0 Å². The highest BCUT2D eigenvalue weighted by Gasteiger charge is 2.27. The summed E-state index contributed by atoms with van der Waals surface area (Å²) in [7, 11) is 0. The van der Waals surface area contributed by atoms with Crippen LogP contribution < -0.4 is 10.6 Å². The van der Waals surface area contributed by atoms with Crippen LogP contribution in [0.3, 0.4) is 0 Å². The molecular formula is C17H22N2O3. The molecule has 2 amide bonds. The molecule has 0 aromatic heterocycles. The molecule has 1 unspecified atom stereocenters. The summed E-state index contributed by atoms with van der Waals surface area (Å²) in [5.74, 6) is -0.650. The van der Waals surface area contributed by atoms with Crippen LogP contribution in [0, 0.1) is 0 Å². The van der Waals surface area contributed by atoms with Gasteiger partial charge in [0.2, 0.25) is 11.8 Å². The molecule has 1 aromatic rings. The molecule has 0 radical (unpaired) electrons. The number of imide groups is 1. The van der Waals surface area contributed by atoms with Gasteiger partial charge in [0.15, 0.2) is 6.29 Å². The van der Waals surface area contributed by atoms with Crippen molar-refractivity contribution in [3.8, 4) is 0 Å². The third kappa shape index (κ3) is 4.17. The van der Waals surface area contributed by atoms with Crippen molar-refractivity contribution in [1.29, 1.82) is 0 Å². The molecule has 0 aliphatic carbocycles. The van der Waals surface area contributed by atoms with E-state index < -0.39 is 6.04 Å². The molecule has 1 saturated heterocycles. The first-order valence-electron chi connectivity index (χ1n) is 7.20. The third-order valence-corrected chi connectivity index (χ3v) is 3.09. The molecule has 22 heavy (non-hydrogen) atoms. The SMILES string of the molecule is C=C=C(NC1CCC(=O)NC1=O)c1ccccc1C=O.CC.[HH].